The SMILES string of the molecule is CCN(CCNS(=O)(=O)N1CCC(CN)CC1)C1CC1. The van der Waals surface area contributed by atoms with Crippen molar-refractivity contribution in [1.29, 1.82) is 0 Å². The first-order valence-corrected chi connectivity index (χ1v) is 9.19. The number of nitrogens with two attached hydrogens (primary N) is 1. The molecule has 1 saturated carbocycles. The smallest absolute Gasteiger partial charge is 0.279 e. The molecule has 1 heterocycles. The van der Waals surface area contributed by atoms with Gasteiger partial charge in [-0.3, -0.25) is 4.90 Å². The van der Waals surface area contributed by atoms with Crippen LogP contribution in [0.2, 0.25) is 0 Å². The average Bonchev–Trinajstić information content (AvgIpc) is 3.28. The molecule has 0 aromatic rings. The molecule has 7 heteroatoms. The summed E-state index contributed by atoms with van der Waals surface area (Å²) in [6.45, 7) is 6.28. The minimum atomic E-state index is -3.31. The van der Waals surface area contributed by atoms with Crippen LogP contribution in [-0.2, 0) is 10.2 Å². The van der Waals surface area contributed by atoms with Gasteiger partial charge in [-0.15, -0.1) is 0 Å². The second-order valence-electron chi connectivity index (χ2n) is 5.84. The lowest BCUT2D eigenvalue weighted by Gasteiger charge is -2.30. The first kappa shape index (κ1) is 16.2. The minimum absolute atomic E-state index is 0.479. The Kier molecular flexibility index (Phi) is 5.80. The quantitative estimate of drug-likeness (QED) is 0.660. The molecule has 0 atom stereocenters. The molecule has 1 aliphatic carbocycles. The van der Waals surface area contributed by atoms with Crippen molar-refractivity contribution in [3.63, 3.8) is 0 Å². The van der Waals surface area contributed by atoms with Crippen LogP contribution in [0, 0.1) is 5.92 Å². The molecule has 0 radical (unpaired) electrons. The standard InChI is InChI=1S/C13H28N4O2S/c1-2-16(13-3-4-13)10-7-15-20(18,19)17-8-5-12(11-14)6-9-17/h12-13,15H,2-11,14H2,1H3. The van der Waals surface area contributed by atoms with Gasteiger partial charge < -0.3 is 5.73 Å². The lowest BCUT2D eigenvalue weighted by atomic mass is 9.99. The van der Waals surface area contributed by atoms with E-state index >= 15 is 0 Å². The van der Waals surface area contributed by atoms with E-state index in [9.17, 15) is 8.42 Å². The monoisotopic (exact) mass is 304 g/mol. The Labute approximate surface area is 122 Å². The highest BCUT2D eigenvalue weighted by molar-refractivity contribution is 7.87. The zero-order valence-electron chi connectivity index (χ0n) is 12.4. The molecule has 0 bridgehead atoms. The summed E-state index contributed by atoms with van der Waals surface area (Å²) in [5.74, 6) is 0.479. The van der Waals surface area contributed by atoms with E-state index in [1.54, 1.807) is 4.31 Å². The topological polar surface area (TPSA) is 78.7 Å². The van der Waals surface area contributed by atoms with Crippen molar-refractivity contribution in [2.45, 2.75) is 38.6 Å². The Morgan fingerprint density at radius 2 is 1.90 bits per heavy atom. The van der Waals surface area contributed by atoms with Gasteiger partial charge in [-0.25, -0.2) is 4.72 Å². The fourth-order valence-electron chi connectivity index (χ4n) is 2.83. The molecule has 0 spiro atoms. The van der Waals surface area contributed by atoms with Gasteiger partial charge in [0.15, 0.2) is 0 Å². The molecule has 6 nitrogen and oxygen atoms in total. The van der Waals surface area contributed by atoms with Gasteiger partial charge in [-0.05, 0) is 44.7 Å². The van der Waals surface area contributed by atoms with Crippen LogP contribution >= 0.6 is 0 Å². The van der Waals surface area contributed by atoms with Gasteiger partial charge in [0, 0.05) is 32.2 Å². The average molecular weight is 304 g/mol. The molecular weight excluding hydrogens is 276 g/mol. The lowest BCUT2D eigenvalue weighted by molar-refractivity contribution is 0.268. The number of hydrogen-bond acceptors (Lipinski definition) is 4. The highest BCUT2D eigenvalue weighted by Gasteiger charge is 2.29. The van der Waals surface area contributed by atoms with Crippen molar-refractivity contribution in [2.24, 2.45) is 11.7 Å². The predicted molar refractivity (Wildman–Crippen MR) is 80.5 cm³/mol. The summed E-state index contributed by atoms with van der Waals surface area (Å²) in [5.41, 5.74) is 5.63. The molecule has 2 aliphatic rings. The molecule has 0 unspecified atom stereocenters. The van der Waals surface area contributed by atoms with E-state index < -0.39 is 10.2 Å². The van der Waals surface area contributed by atoms with Crippen molar-refractivity contribution in [1.82, 2.24) is 13.9 Å². The van der Waals surface area contributed by atoms with E-state index in [0.29, 0.717) is 38.1 Å². The molecule has 20 heavy (non-hydrogen) atoms. The lowest BCUT2D eigenvalue weighted by Crippen LogP contribution is -2.47. The molecular formula is C13H28N4O2S. The zero-order chi connectivity index (χ0) is 14.6. The van der Waals surface area contributed by atoms with E-state index in [2.05, 4.69) is 16.5 Å². The fraction of sp³-hybridized carbons (Fsp3) is 1.00. The van der Waals surface area contributed by atoms with E-state index in [1.807, 2.05) is 0 Å². The van der Waals surface area contributed by atoms with Gasteiger partial charge in [-0.2, -0.15) is 12.7 Å². The zero-order valence-corrected chi connectivity index (χ0v) is 13.2. The summed E-state index contributed by atoms with van der Waals surface area (Å²) in [6.07, 6.45) is 4.27. The minimum Gasteiger partial charge on any atom is -0.330 e. The van der Waals surface area contributed by atoms with Crippen LogP contribution in [0.25, 0.3) is 0 Å². The molecule has 2 rings (SSSR count). The van der Waals surface area contributed by atoms with Crippen LogP contribution in [0.5, 0.6) is 0 Å². The van der Waals surface area contributed by atoms with Gasteiger partial charge in [0.1, 0.15) is 0 Å². The number of likely N-dealkylation sites (N-methyl/N-ethyl adjacent to an activating group) is 1. The van der Waals surface area contributed by atoms with Crippen molar-refractivity contribution < 1.29 is 8.42 Å². The third-order valence-corrected chi connectivity index (χ3v) is 6.01. The first-order chi connectivity index (χ1) is 9.56. The van der Waals surface area contributed by atoms with E-state index in [0.717, 1.165) is 25.9 Å². The van der Waals surface area contributed by atoms with Gasteiger partial charge in [-0.1, -0.05) is 6.92 Å². The molecule has 2 fully saturated rings. The predicted octanol–water partition coefficient (Wildman–Crippen LogP) is -0.0242. The van der Waals surface area contributed by atoms with Crippen molar-refractivity contribution in [3.8, 4) is 0 Å². The number of nitrogens with one attached hydrogen (secondary N) is 1. The second-order valence-corrected chi connectivity index (χ2v) is 7.59. The largest absolute Gasteiger partial charge is 0.330 e. The molecule has 1 saturated heterocycles. The number of rotatable bonds is 8. The van der Waals surface area contributed by atoms with Crippen LogP contribution in [0.4, 0.5) is 0 Å². The molecule has 1 aliphatic heterocycles. The van der Waals surface area contributed by atoms with E-state index in [1.165, 1.54) is 12.8 Å². The third-order valence-electron chi connectivity index (χ3n) is 4.40. The van der Waals surface area contributed by atoms with Crippen LogP contribution in [0.3, 0.4) is 0 Å². The van der Waals surface area contributed by atoms with Gasteiger partial charge in [0.2, 0.25) is 0 Å². The van der Waals surface area contributed by atoms with Gasteiger partial charge in [0.05, 0.1) is 0 Å². The maximum absolute atomic E-state index is 12.2. The Balaban J connectivity index is 1.73. The molecule has 0 aromatic carbocycles. The highest BCUT2D eigenvalue weighted by atomic mass is 32.2. The maximum atomic E-state index is 12.2. The summed E-state index contributed by atoms with van der Waals surface area (Å²) in [5, 5.41) is 0. The summed E-state index contributed by atoms with van der Waals surface area (Å²) >= 11 is 0. The van der Waals surface area contributed by atoms with Gasteiger partial charge in [0.25, 0.3) is 10.2 Å². The van der Waals surface area contributed by atoms with Crippen molar-refractivity contribution in [3.05, 3.63) is 0 Å². The van der Waals surface area contributed by atoms with Crippen molar-refractivity contribution >= 4 is 10.2 Å². The number of nitrogens with zero attached hydrogens (tertiary/aromatic N) is 2. The normalized spacial score (nSPS) is 22.6. The molecule has 0 aromatic heterocycles. The summed E-state index contributed by atoms with van der Waals surface area (Å²) < 4.78 is 28.7. The second kappa shape index (κ2) is 7.17. The Morgan fingerprint density at radius 1 is 1.25 bits per heavy atom. The Morgan fingerprint density at radius 3 is 2.40 bits per heavy atom. The highest BCUT2D eigenvalue weighted by Crippen LogP contribution is 2.25. The number of hydrogen-bond donors (Lipinski definition) is 2. The number of piperidine rings is 1. The summed E-state index contributed by atoms with van der Waals surface area (Å²) in [4.78, 5) is 2.35. The Hall–Kier alpha value is -0.210. The van der Waals surface area contributed by atoms with Crippen LogP contribution in [0.15, 0.2) is 0 Å². The summed E-state index contributed by atoms with van der Waals surface area (Å²) in [7, 11) is -3.31. The summed E-state index contributed by atoms with van der Waals surface area (Å²) in [6, 6.07) is 0.685. The first-order valence-electron chi connectivity index (χ1n) is 7.75. The van der Waals surface area contributed by atoms with Crippen LogP contribution < -0.4 is 10.5 Å². The van der Waals surface area contributed by atoms with E-state index in [4.69, 9.17) is 5.73 Å². The van der Waals surface area contributed by atoms with Crippen LogP contribution in [-0.4, -0.2) is 62.9 Å². The molecule has 118 valence electrons. The maximum Gasteiger partial charge on any atom is 0.279 e. The van der Waals surface area contributed by atoms with Gasteiger partial charge >= 0.3 is 0 Å². The Bertz CT molecular complexity index is 389. The molecule has 3 N–H and O–H groups in total. The van der Waals surface area contributed by atoms with Crippen molar-refractivity contribution in [2.75, 3.05) is 39.3 Å². The third kappa shape index (κ3) is 4.39. The molecule has 0 amide bonds. The van der Waals surface area contributed by atoms with E-state index in [-0.39, 0.29) is 0 Å². The fourth-order valence-corrected chi connectivity index (χ4v) is 4.06. The van der Waals surface area contributed by atoms with Crippen LogP contribution in [0.1, 0.15) is 32.6 Å².